The van der Waals surface area contributed by atoms with Crippen LogP contribution in [0, 0.1) is 0 Å². The van der Waals surface area contributed by atoms with Crippen molar-refractivity contribution in [1.29, 1.82) is 0 Å². The molecule has 1 saturated heterocycles. The van der Waals surface area contributed by atoms with Crippen LogP contribution in [-0.2, 0) is 14.3 Å². The maximum absolute atomic E-state index is 12.6. The average molecular weight is 375 g/mol. The van der Waals surface area contributed by atoms with Gasteiger partial charge in [-0.3, -0.25) is 9.69 Å². The second-order valence-corrected chi connectivity index (χ2v) is 6.59. The lowest BCUT2D eigenvalue weighted by Gasteiger charge is -2.34. The molecule has 1 atom stereocenters. The van der Waals surface area contributed by atoms with Gasteiger partial charge in [-0.05, 0) is 37.6 Å². The number of amides is 1. The number of halogens is 2. The molecule has 7 heteroatoms. The first-order valence-corrected chi connectivity index (χ1v) is 8.94. The monoisotopic (exact) mass is 374 g/mol. The standard InChI is InChI=1S/C17H24Cl2N2O3/c1-23-10-11-24-9-8-21-7-3-2-4-16(21)17(22)20-13-5-6-14(18)15(19)12-13/h5-6,12,16H,2-4,7-11H2,1H3,(H,20,22)/t16-/m0/s1. The van der Waals surface area contributed by atoms with Gasteiger partial charge in [0.1, 0.15) is 0 Å². The minimum Gasteiger partial charge on any atom is -0.382 e. The number of nitrogens with zero attached hydrogens (tertiary/aromatic N) is 1. The van der Waals surface area contributed by atoms with Gasteiger partial charge >= 0.3 is 0 Å². The normalized spacial score (nSPS) is 18.5. The Hall–Kier alpha value is -0.850. The predicted molar refractivity (Wildman–Crippen MR) is 97.0 cm³/mol. The molecular weight excluding hydrogens is 351 g/mol. The summed E-state index contributed by atoms with van der Waals surface area (Å²) in [4.78, 5) is 14.8. The minimum absolute atomic E-state index is 0.00928. The van der Waals surface area contributed by atoms with Gasteiger partial charge in [-0.15, -0.1) is 0 Å². The summed E-state index contributed by atoms with van der Waals surface area (Å²) >= 11 is 11.9. The first-order valence-electron chi connectivity index (χ1n) is 8.18. The number of carbonyl (C=O) groups excluding carboxylic acids is 1. The fraction of sp³-hybridized carbons (Fsp3) is 0.588. The summed E-state index contributed by atoms with van der Waals surface area (Å²) in [6.45, 7) is 3.40. The van der Waals surface area contributed by atoms with Gasteiger partial charge in [0.05, 0.1) is 35.9 Å². The van der Waals surface area contributed by atoms with Crippen molar-refractivity contribution >= 4 is 34.8 Å². The summed E-state index contributed by atoms with van der Waals surface area (Å²) in [5.41, 5.74) is 0.663. The lowest BCUT2D eigenvalue weighted by Crippen LogP contribution is -2.48. The summed E-state index contributed by atoms with van der Waals surface area (Å²) in [6, 6.07) is 4.97. The molecule has 1 amide bonds. The lowest BCUT2D eigenvalue weighted by molar-refractivity contribution is -0.122. The summed E-state index contributed by atoms with van der Waals surface area (Å²) in [6.07, 6.45) is 3.01. The van der Waals surface area contributed by atoms with E-state index in [1.165, 1.54) is 0 Å². The van der Waals surface area contributed by atoms with Gasteiger partial charge in [0.15, 0.2) is 0 Å². The zero-order chi connectivity index (χ0) is 17.4. The van der Waals surface area contributed by atoms with Gasteiger partial charge in [0, 0.05) is 19.3 Å². The third kappa shape index (κ3) is 5.90. The smallest absolute Gasteiger partial charge is 0.241 e. The van der Waals surface area contributed by atoms with E-state index in [9.17, 15) is 4.79 Å². The third-order valence-electron chi connectivity index (χ3n) is 4.06. The summed E-state index contributed by atoms with van der Waals surface area (Å²) in [7, 11) is 1.65. The molecule has 2 rings (SSSR count). The zero-order valence-electron chi connectivity index (χ0n) is 13.9. The van der Waals surface area contributed by atoms with Gasteiger partial charge in [0.2, 0.25) is 5.91 Å². The number of likely N-dealkylation sites (tertiary alicyclic amines) is 1. The average Bonchev–Trinajstić information content (AvgIpc) is 2.58. The fourth-order valence-corrected chi connectivity index (χ4v) is 3.08. The van der Waals surface area contributed by atoms with Crippen LogP contribution in [0.25, 0.3) is 0 Å². The molecular formula is C17H24Cl2N2O3. The van der Waals surface area contributed by atoms with Crippen LogP contribution in [0.3, 0.4) is 0 Å². The molecule has 0 unspecified atom stereocenters. The number of ether oxygens (including phenoxy) is 2. The van der Waals surface area contributed by atoms with E-state index in [2.05, 4.69) is 10.2 Å². The van der Waals surface area contributed by atoms with E-state index in [1.54, 1.807) is 25.3 Å². The van der Waals surface area contributed by atoms with Crippen LogP contribution in [0.5, 0.6) is 0 Å². The first-order chi connectivity index (χ1) is 11.6. The van der Waals surface area contributed by atoms with E-state index < -0.39 is 0 Å². The van der Waals surface area contributed by atoms with E-state index in [0.717, 1.165) is 32.4 Å². The summed E-state index contributed by atoms with van der Waals surface area (Å²) in [5.74, 6) is -0.00928. The number of benzene rings is 1. The number of nitrogens with one attached hydrogen (secondary N) is 1. The van der Waals surface area contributed by atoms with E-state index in [-0.39, 0.29) is 11.9 Å². The molecule has 0 aliphatic carbocycles. The van der Waals surface area contributed by atoms with Gasteiger partial charge in [0.25, 0.3) is 0 Å². The van der Waals surface area contributed by atoms with Crippen LogP contribution >= 0.6 is 23.2 Å². The Morgan fingerprint density at radius 1 is 1.25 bits per heavy atom. The second-order valence-electron chi connectivity index (χ2n) is 5.77. The number of hydrogen-bond donors (Lipinski definition) is 1. The maximum atomic E-state index is 12.6. The molecule has 1 aliphatic rings. The number of piperidine rings is 1. The quantitative estimate of drug-likeness (QED) is 0.708. The van der Waals surface area contributed by atoms with Gasteiger partial charge in [-0.25, -0.2) is 0 Å². The van der Waals surface area contributed by atoms with Crippen molar-refractivity contribution in [3.63, 3.8) is 0 Å². The van der Waals surface area contributed by atoms with Crippen LogP contribution < -0.4 is 5.32 Å². The SMILES string of the molecule is COCCOCCN1CCCC[C@H]1C(=O)Nc1ccc(Cl)c(Cl)c1. The van der Waals surface area contributed by atoms with Crippen LogP contribution in [0.2, 0.25) is 10.0 Å². The van der Waals surface area contributed by atoms with Gasteiger partial charge < -0.3 is 14.8 Å². The highest BCUT2D eigenvalue weighted by molar-refractivity contribution is 6.42. The Bertz CT molecular complexity index is 543. The first kappa shape index (κ1) is 19.5. The largest absolute Gasteiger partial charge is 0.382 e. The maximum Gasteiger partial charge on any atom is 0.241 e. The minimum atomic E-state index is -0.140. The van der Waals surface area contributed by atoms with E-state index in [4.69, 9.17) is 32.7 Å². The number of hydrogen-bond acceptors (Lipinski definition) is 4. The Morgan fingerprint density at radius 2 is 2.08 bits per heavy atom. The molecule has 24 heavy (non-hydrogen) atoms. The zero-order valence-corrected chi connectivity index (χ0v) is 15.4. The summed E-state index contributed by atoms with van der Waals surface area (Å²) < 4.78 is 10.5. The topological polar surface area (TPSA) is 50.8 Å². The molecule has 0 bridgehead atoms. The lowest BCUT2D eigenvalue weighted by atomic mass is 10.0. The second kappa shape index (κ2) is 10.2. The Kier molecular flexibility index (Phi) is 8.29. The predicted octanol–water partition coefficient (Wildman–Crippen LogP) is 3.45. The van der Waals surface area contributed by atoms with Gasteiger partial charge in [-0.1, -0.05) is 29.6 Å². The van der Waals surface area contributed by atoms with Gasteiger partial charge in [-0.2, -0.15) is 0 Å². The van der Waals surface area contributed by atoms with Crippen molar-refractivity contribution < 1.29 is 14.3 Å². The van der Waals surface area contributed by atoms with Crippen molar-refractivity contribution in [2.45, 2.75) is 25.3 Å². The van der Waals surface area contributed by atoms with E-state index in [1.807, 2.05) is 0 Å². The fourth-order valence-electron chi connectivity index (χ4n) is 2.78. The molecule has 1 fully saturated rings. The molecule has 1 aliphatic heterocycles. The highest BCUT2D eigenvalue weighted by atomic mass is 35.5. The van der Waals surface area contributed by atoms with Crippen molar-refractivity contribution in [1.82, 2.24) is 4.90 Å². The number of rotatable bonds is 8. The van der Waals surface area contributed by atoms with Crippen LogP contribution in [-0.4, -0.2) is 56.9 Å². The highest BCUT2D eigenvalue weighted by Crippen LogP contribution is 2.26. The Labute approximate surface area is 153 Å². The molecule has 1 aromatic rings. The molecule has 5 nitrogen and oxygen atoms in total. The Morgan fingerprint density at radius 3 is 2.83 bits per heavy atom. The van der Waals surface area contributed by atoms with Crippen LogP contribution in [0.4, 0.5) is 5.69 Å². The van der Waals surface area contributed by atoms with Crippen LogP contribution in [0.15, 0.2) is 18.2 Å². The number of anilines is 1. The highest BCUT2D eigenvalue weighted by Gasteiger charge is 2.28. The molecule has 0 saturated carbocycles. The molecule has 134 valence electrons. The third-order valence-corrected chi connectivity index (χ3v) is 4.80. The Balaban J connectivity index is 1.88. The van der Waals surface area contributed by atoms with Crippen LogP contribution in [0.1, 0.15) is 19.3 Å². The molecule has 1 aromatic carbocycles. The number of carbonyl (C=O) groups is 1. The van der Waals surface area contributed by atoms with E-state index >= 15 is 0 Å². The van der Waals surface area contributed by atoms with Crippen molar-refractivity contribution in [2.75, 3.05) is 45.3 Å². The summed E-state index contributed by atoms with van der Waals surface area (Å²) in [5, 5.41) is 3.84. The molecule has 1 heterocycles. The van der Waals surface area contributed by atoms with Crippen molar-refractivity contribution in [2.24, 2.45) is 0 Å². The van der Waals surface area contributed by atoms with E-state index in [0.29, 0.717) is 35.6 Å². The molecule has 0 radical (unpaired) electrons. The number of methoxy groups -OCH3 is 1. The molecule has 0 aromatic heterocycles. The van der Waals surface area contributed by atoms with Crippen molar-refractivity contribution in [3.05, 3.63) is 28.2 Å². The van der Waals surface area contributed by atoms with Crippen molar-refractivity contribution in [3.8, 4) is 0 Å². The molecule has 1 N–H and O–H groups in total. The molecule has 0 spiro atoms.